The second-order valence-electron chi connectivity index (χ2n) is 13.4. The fraction of sp³-hybridized carbons (Fsp3) is 0.531. The van der Waals surface area contributed by atoms with Crippen molar-refractivity contribution in [2.24, 2.45) is 18.4 Å². The van der Waals surface area contributed by atoms with Gasteiger partial charge in [-0.3, -0.25) is 4.79 Å². The predicted molar refractivity (Wildman–Crippen MR) is 159 cm³/mol. The number of nitrogens with one attached hydrogen (secondary N) is 3. The molecule has 2 saturated carbocycles. The third-order valence-corrected chi connectivity index (χ3v) is 9.58. The van der Waals surface area contributed by atoms with Crippen LogP contribution in [0.2, 0.25) is 0 Å². The van der Waals surface area contributed by atoms with E-state index in [1.54, 1.807) is 6.33 Å². The highest BCUT2D eigenvalue weighted by Crippen LogP contribution is 2.53. The number of aromatic nitrogens is 4. The van der Waals surface area contributed by atoms with Crippen LogP contribution in [0.25, 0.3) is 0 Å². The first kappa shape index (κ1) is 27.4. The summed E-state index contributed by atoms with van der Waals surface area (Å²) in [6.07, 6.45) is 7.75. The summed E-state index contributed by atoms with van der Waals surface area (Å²) in [4.78, 5) is 18.5. The Kier molecular flexibility index (Phi) is 6.85. The first-order valence-electron chi connectivity index (χ1n) is 14.7. The minimum Gasteiger partial charge on any atom is -0.382 e. The van der Waals surface area contributed by atoms with E-state index in [1.165, 1.54) is 19.3 Å². The van der Waals surface area contributed by atoms with Crippen molar-refractivity contribution >= 4 is 17.3 Å². The van der Waals surface area contributed by atoms with Gasteiger partial charge in [-0.15, -0.1) is 10.2 Å². The molecule has 1 aliphatic heterocycles. The van der Waals surface area contributed by atoms with E-state index < -0.39 is 0 Å². The number of benzene rings is 1. The normalized spacial score (nSPS) is 23.4. The molecule has 41 heavy (non-hydrogen) atoms. The summed E-state index contributed by atoms with van der Waals surface area (Å²) in [7, 11) is 1.95. The molecule has 0 spiro atoms. The van der Waals surface area contributed by atoms with Crippen LogP contribution in [-0.2, 0) is 24.4 Å². The third-order valence-electron chi connectivity index (χ3n) is 9.58. The molecule has 2 fully saturated rings. The van der Waals surface area contributed by atoms with Gasteiger partial charge in [0.25, 0.3) is 5.91 Å². The molecule has 2 aromatic heterocycles. The second kappa shape index (κ2) is 10.3. The van der Waals surface area contributed by atoms with Crippen LogP contribution < -0.4 is 16.0 Å². The molecule has 214 valence electrons. The minimum atomic E-state index is -0.328. The number of rotatable bonds is 9. The highest BCUT2D eigenvalue weighted by Gasteiger charge is 2.49. The van der Waals surface area contributed by atoms with Gasteiger partial charge < -0.3 is 20.5 Å². The number of anilines is 2. The molecule has 0 atom stereocenters. The van der Waals surface area contributed by atoms with Crippen molar-refractivity contribution < 1.29 is 4.79 Å². The van der Waals surface area contributed by atoms with Crippen LogP contribution >= 0.6 is 0 Å². The van der Waals surface area contributed by atoms with Crippen molar-refractivity contribution in [3.05, 3.63) is 65.0 Å². The Labute approximate surface area is 242 Å². The van der Waals surface area contributed by atoms with Crippen LogP contribution in [0.1, 0.15) is 92.4 Å². The van der Waals surface area contributed by atoms with Gasteiger partial charge in [-0.05, 0) is 66.3 Å². The lowest BCUT2D eigenvalue weighted by Gasteiger charge is -2.46. The zero-order chi connectivity index (χ0) is 28.8. The quantitative estimate of drug-likeness (QED) is 0.340. The van der Waals surface area contributed by atoms with E-state index in [9.17, 15) is 10.1 Å². The van der Waals surface area contributed by atoms with Crippen LogP contribution in [-0.4, -0.2) is 38.7 Å². The van der Waals surface area contributed by atoms with Gasteiger partial charge in [0.05, 0.1) is 22.9 Å². The topological polar surface area (TPSA) is 121 Å². The Hall–Kier alpha value is -3.77. The highest BCUT2D eigenvalue weighted by molar-refractivity contribution is 6.03. The molecule has 0 radical (unpaired) electrons. The highest BCUT2D eigenvalue weighted by atomic mass is 16.1. The number of nitrogens with zero attached hydrogens (tertiary/aromatic N) is 5. The Morgan fingerprint density at radius 1 is 1.22 bits per heavy atom. The molecule has 2 aliphatic carbocycles. The Bertz CT molecular complexity index is 1510. The molecule has 0 saturated heterocycles. The van der Waals surface area contributed by atoms with Gasteiger partial charge >= 0.3 is 0 Å². The summed E-state index contributed by atoms with van der Waals surface area (Å²) in [6.45, 7) is 9.15. The molecular weight excluding hydrogens is 512 g/mol. The molecule has 0 bridgehead atoms. The number of fused-ring (bicyclic) bond motifs is 1. The van der Waals surface area contributed by atoms with Crippen molar-refractivity contribution in [2.45, 2.75) is 76.7 Å². The minimum absolute atomic E-state index is 0.160. The van der Waals surface area contributed by atoms with Crippen LogP contribution in [0.5, 0.6) is 0 Å². The first-order chi connectivity index (χ1) is 19.6. The summed E-state index contributed by atoms with van der Waals surface area (Å²) in [5, 5.41) is 28.1. The molecular formula is C32H40N8O. The summed E-state index contributed by atoms with van der Waals surface area (Å²) < 4.78 is 1.96. The van der Waals surface area contributed by atoms with E-state index in [1.807, 2.05) is 35.9 Å². The monoisotopic (exact) mass is 552 g/mol. The number of hydrogen-bond acceptors (Lipinski definition) is 7. The smallest absolute Gasteiger partial charge is 0.274 e. The average Bonchev–Trinajstić information content (AvgIpc) is 3.47. The number of aryl methyl sites for hydroxylation is 1. The van der Waals surface area contributed by atoms with Gasteiger partial charge in [0.15, 0.2) is 0 Å². The number of amides is 1. The fourth-order valence-electron chi connectivity index (χ4n) is 6.94. The van der Waals surface area contributed by atoms with Crippen LogP contribution in [0.4, 0.5) is 11.4 Å². The lowest BCUT2D eigenvalue weighted by atomic mass is 9.57. The van der Waals surface area contributed by atoms with Crippen molar-refractivity contribution in [2.75, 3.05) is 23.7 Å². The molecule has 1 aromatic carbocycles. The number of hydrogen-bond donors (Lipinski definition) is 3. The van der Waals surface area contributed by atoms with Crippen LogP contribution in [0.15, 0.2) is 36.7 Å². The Morgan fingerprint density at radius 3 is 2.71 bits per heavy atom. The molecule has 3 aliphatic rings. The number of carbonyl (C=O) groups is 1. The van der Waals surface area contributed by atoms with Gasteiger partial charge in [0.2, 0.25) is 0 Å². The van der Waals surface area contributed by atoms with Crippen molar-refractivity contribution in [1.82, 2.24) is 25.1 Å². The lowest BCUT2D eigenvalue weighted by Crippen LogP contribution is -2.44. The molecule has 9 heteroatoms. The maximum atomic E-state index is 13.7. The molecule has 6 rings (SSSR count). The third kappa shape index (κ3) is 4.99. The maximum absolute atomic E-state index is 13.7. The van der Waals surface area contributed by atoms with Gasteiger partial charge in [0.1, 0.15) is 17.8 Å². The number of nitriles is 1. The van der Waals surface area contributed by atoms with E-state index in [4.69, 9.17) is 4.98 Å². The van der Waals surface area contributed by atoms with Gasteiger partial charge in [-0.1, -0.05) is 39.3 Å². The lowest BCUT2D eigenvalue weighted by molar-refractivity contribution is 0.102. The zero-order valence-electron chi connectivity index (χ0n) is 24.5. The molecule has 3 heterocycles. The van der Waals surface area contributed by atoms with Crippen molar-refractivity contribution in [1.29, 1.82) is 5.26 Å². The van der Waals surface area contributed by atoms with Gasteiger partial charge in [-0.2, -0.15) is 5.26 Å². The van der Waals surface area contributed by atoms with Crippen molar-refractivity contribution in [3.63, 3.8) is 0 Å². The van der Waals surface area contributed by atoms with Crippen molar-refractivity contribution in [3.8, 4) is 6.07 Å². The van der Waals surface area contributed by atoms with Gasteiger partial charge in [0, 0.05) is 44.2 Å². The van der Waals surface area contributed by atoms with E-state index in [2.05, 4.69) is 59.1 Å². The largest absolute Gasteiger partial charge is 0.382 e. The summed E-state index contributed by atoms with van der Waals surface area (Å²) >= 11 is 0. The summed E-state index contributed by atoms with van der Waals surface area (Å²) in [5.41, 5.74) is 5.20. The number of carbonyl (C=O) groups excluding carboxylic acids is 1. The molecule has 3 aromatic rings. The predicted octanol–water partition coefficient (Wildman–Crippen LogP) is 5.06. The van der Waals surface area contributed by atoms with E-state index in [-0.39, 0.29) is 16.7 Å². The van der Waals surface area contributed by atoms with E-state index in [0.717, 1.165) is 60.0 Å². The van der Waals surface area contributed by atoms with Crippen LogP contribution in [0, 0.1) is 22.7 Å². The Morgan fingerprint density at radius 2 is 2.02 bits per heavy atom. The number of pyridine rings is 1. The van der Waals surface area contributed by atoms with Gasteiger partial charge in [-0.25, -0.2) is 4.98 Å². The SMILES string of the molecule is Cn1cnnc1C1(c2cccc(NC(=O)c3cc(CNCC4(C)CCC4)c4c(n3)C(C)(C)CN4)c2)CC(CC#N)C1. The first-order valence-corrected chi connectivity index (χ1v) is 14.7. The van der Waals surface area contributed by atoms with Crippen LogP contribution in [0.3, 0.4) is 0 Å². The fourth-order valence-corrected chi connectivity index (χ4v) is 6.94. The standard InChI is InChI=1S/C32H40N8O/c1-30(2)18-35-26-22(17-34-19-31(3)10-6-11-31)13-25(38-27(26)30)28(41)37-24-8-5-7-23(14-24)32(15-21(16-32)9-12-33)29-39-36-20-40(29)4/h5,7-8,13-14,20-21,34-35H,6,9-11,15-19H2,1-4H3,(H,37,41). The molecule has 0 unspecified atom stereocenters. The molecule has 3 N–H and O–H groups in total. The average molecular weight is 553 g/mol. The molecule has 9 nitrogen and oxygen atoms in total. The van der Waals surface area contributed by atoms with E-state index in [0.29, 0.717) is 30.0 Å². The van der Waals surface area contributed by atoms with E-state index >= 15 is 0 Å². The summed E-state index contributed by atoms with van der Waals surface area (Å²) in [6, 6.07) is 12.3. The zero-order valence-corrected chi connectivity index (χ0v) is 24.5. The Balaban J connectivity index is 1.25. The molecule has 1 amide bonds. The second-order valence-corrected chi connectivity index (χ2v) is 13.4. The summed E-state index contributed by atoms with van der Waals surface area (Å²) in [5.74, 6) is 0.989. The maximum Gasteiger partial charge on any atom is 0.274 e.